The molecule has 0 fully saturated rings. The number of hydrogen-bond donors (Lipinski definition) is 4. The molecule has 4 heteroatoms. The molecule has 0 saturated carbocycles. The van der Waals surface area contributed by atoms with Crippen LogP contribution in [0.3, 0.4) is 0 Å². The number of rotatable bonds is 5. The molecule has 62 valence electrons. The zero-order valence-corrected chi connectivity index (χ0v) is 5.77. The molecule has 0 radical (unpaired) electrons. The molecule has 0 saturated heterocycles. The lowest BCUT2D eigenvalue weighted by molar-refractivity contribution is 0.0327. The Bertz CT molecular complexity index is 76.1. The number of aliphatic hydroxyl groups is 4. The van der Waals surface area contributed by atoms with Gasteiger partial charge in [-0.1, -0.05) is 0 Å². The van der Waals surface area contributed by atoms with Gasteiger partial charge >= 0.3 is 0 Å². The molecular weight excluding hydrogens is 136 g/mol. The van der Waals surface area contributed by atoms with Gasteiger partial charge in [-0.05, 0) is 6.42 Å². The summed E-state index contributed by atoms with van der Waals surface area (Å²) in [6.07, 6.45) is -1.22. The normalized spacial score (nSPS) is 16.8. The summed E-state index contributed by atoms with van der Waals surface area (Å²) in [5.41, 5.74) is 0. The van der Waals surface area contributed by atoms with Crippen molar-refractivity contribution in [3.05, 3.63) is 0 Å². The van der Waals surface area contributed by atoms with Crippen molar-refractivity contribution in [2.45, 2.75) is 25.0 Å². The maximum absolute atomic E-state index is 8.92. The van der Waals surface area contributed by atoms with Gasteiger partial charge in [0, 0.05) is 13.0 Å². The third kappa shape index (κ3) is 4.69. The predicted molar refractivity (Wildman–Crippen MR) is 35.4 cm³/mol. The summed E-state index contributed by atoms with van der Waals surface area (Å²) < 4.78 is 0. The monoisotopic (exact) mass is 150 g/mol. The molecule has 0 aliphatic carbocycles. The van der Waals surface area contributed by atoms with Crippen LogP contribution in [0.25, 0.3) is 0 Å². The second kappa shape index (κ2) is 5.61. The van der Waals surface area contributed by atoms with Gasteiger partial charge in [-0.2, -0.15) is 0 Å². The molecule has 0 aromatic heterocycles. The lowest BCUT2D eigenvalue weighted by atomic mass is 10.1. The Kier molecular flexibility index (Phi) is 5.52. The molecule has 10 heavy (non-hydrogen) atoms. The van der Waals surface area contributed by atoms with E-state index >= 15 is 0 Å². The molecule has 0 aliphatic rings. The summed E-state index contributed by atoms with van der Waals surface area (Å²) >= 11 is 0. The lowest BCUT2D eigenvalue weighted by Crippen LogP contribution is -2.21. The van der Waals surface area contributed by atoms with Crippen molar-refractivity contribution in [1.29, 1.82) is 0 Å². The fraction of sp³-hybridized carbons (Fsp3) is 1.00. The van der Waals surface area contributed by atoms with Crippen molar-refractivity contribution < 1.29 is 20.4 Å². The van der Waals surface area contributed by atoms with Crippen LogP contribution in [0.1, 0.15) is 12.8 Å². The molecule has 0 unspecified atom stereocenters. The van der Waals surface area contributed by atoms with Crippen molar-refractivity contribution in [1.82, 2.24) is 0 Å². The van der Waals surface area contributed by atoms with Crippen LogP contribution >= 0.6 is 0 Å². The Hall–Kier alpha value is -0.160. The number of hydrogen-bond acceptors (Lipinski definition) is 4. The summed E-state index contributed by atoms with van der Waals surface area (Å²) in [4.78, 5) is 0. The topological polar surface area (TPSA) is 80.9 Å². The second-order valence-corrected chi connectivity index (χ2v) is 2.24. The maximum atomic E-state index is 8.92. The van der Waals surface area contributed by atoms with Crippen molar-refractivity contribution in [2.75, 3.05) is 13.2 Å². The van der Waals surface area contributed by atoms with Gasteiger partial charge in [-0.3, -0.25) is 0 Å². The summed E-state index contributed by atoms with van der Waals surface area (Å²) in [6.45, 7) is -0.443. The summed E-state index contributed by atoms with van der Waals surface area (Å²) in [5, 5.41) is 34.3. The Morgan fingerprint density at radius 3 is 2.00 bits per heavy atom. The molecular formula is C6H14O4. The standard InChI is InChI=1S/C6H14O4/c7-2-1-5(9)3-6(10)4-8/h5-10H,1-4H2/t5-,6-/m1/s1. The van der Waals surface area contributed by atoms with Gasteiger partial charge in [-0.25, -0.2) is 0 Å². The van der Waals surface area contributed by atoms with E-state index in [0.29, 0.717) is 0 Å². The molecule has 0 amide bonds. The first kappa shape index (κ1) is 9.84. The van der Waals surface area contributed by atoms with Crippen molar-refractivity contribution in [3.8, 4) is 0 Å². The van der Waals surface area contributed by atoms with Gasteiger partial charge in [0.1, 0.15) is 0 Å². The molecule has 0 spiro atoms. The minimum atomic E-state index is -0.874. The molecule has 0 rings (SSSR count). The summed E-state index contributed by atoms with van der Waals surface area (Å²) in [5.74, 6) is 0. The number of aliphatic hydroxyl groups excluding tert-OH is 4. The van der Waals surface area contributed by atoms with E-state index in [1.165, 1.54) is 0 Å². The van der Waals surface area contributed by atoms with E-state index in [2.05, 4.69) is 0 Å². The Balaban J connectivity index is 3.27. The smallest absolute Gasteiger partial charge is 0.0795 e. The van der Waals surface area contributed by atoms with Crippen LogP contribution in [0.15, 0.2) is 0 Å². The quantitative estimate of drug-likeness (QED) is 0.383. The zero-order valence-electron chi connectivity index (χ0n) is 5.77. The van der Waals surface area contributed by atoms with Crippen molar-refractivity contribution in [3.63, 3.8) is 0 Å². The third-order valence-corrected chi connectivity index (χ3v) is 1.22. The second-order valence-electron chi connectivity index (χ2n) is 2.24. The fourth-order valence-corrected chi connectivity index (χ4v) is 0.655. The highest BCUT2D eigenvalue weighted by Crippen LogP contribution is 2.00. The van der Waals surface area contributed by atoms with E-state index in [9.17, 15) is 0 Å². The first-order chi connectivity index (χ1) is 4.70. The minimum Gasteiger partial charge on any atom is -0.396 e. The SMILES string of the molecule is OCC[C@@H](O)C[C@@H](O)CO. The van der Waals surface area contributed by atoms with Crippen LogP contribution in [0, 0.1) is 0 Å². The molecule has 4 N–H and O–H groups in total. The lowest BCUT2D eigenvalue weighted by Gasteiger charge is -2.11. The van der Waals surface area contributed by atoms with Crippen LogP contribution in [-0.2, 0) is 0 Å². The third-order valence-electron chi connectivity index (χ3n) is 1.22. The van der Waals surface area contributed by atoms with Gasteiger partial charge in [0.2, 0.25) is 0 Å². The van der Waals surface area contributed by atoms with E-state index < -0.39 is 12.2 Å². The van der Waals surface area contributed by atoms with E-state index in [1.54, 1.807) is 0 Å². The maximum Gasteiger partial charge on any atom is 0.0795 e. The highest BCUT2D eigenvalue weighted by atomic mass is 16.3. The Morgan fingerprint density at radius 1 is 1.00 bits per heavy atom. The largest absolute Gasteiger partial charge is 0.396 e. The highest BCUT2D eigenvalue weighted by molar-refractivity contribution is 4.61. The fourth-order valence-electron chi connectivity index (χ4n) is 0.655. The minimum absolute atomic E-state index is 0.0979. The van der Waals surface area contributed by atoms with E-state index in [4.69, 9.17) is 20.4 Å². The molecule has 0 heterocycles. The predicted octanol–water partition coefficient (Wildman–Crippen LogP) is -1.53. The first-order valence-corrected chi connectivity index (χ1v) is 3.28. The summed E-state index contributed by atoms with van der Waals surface area (Å²) in [7, 11) is 0. The van der Waals surface area contributed by atoms with E-state index in [0.717, 1.165) is 0 Å². The van der Waals surface area contributed by atoms with Gasteiger partial charge in [-0.15, -0.1) is 0 Å². The van der Waals surface area contributed by atoms with Crippen LogP contribution in [0.5, 0.6) is 0 Å². The van der Waals surface area contributed by atoms with Gasteiger partial charge in [0.05, 0.1) is 18.8 Å². The van der Waals surface area contributed by atoms with Crippen molar-refractivity contribution >= 4 is 0 Å². The first-order valence-electron chi connectivity index (χ1n) is 3.28. The average Bonchev–Trinajstić information content (AvgIpc) is 1.88. The average molecular weight is 150 g/mol. The Labute approximate surface area is 59.7 Å². The van der Waals surface area contributed by atoms with Crippen LogP contribution < -0.4 is 0 Å². The van der Waals surface area contributed by atoms with Crippen LogP contribution in [0.2, 0.25) is 0 Å². The van der Waals surface area contributed by atoms with Gasteiger partial charge in [0.15, 0.2) is 0 Å². The zero-order chi connectivity index (χ0) is 7.98. The highest BCUT2D eigenvalue weighted by Gasteiger charge is 2.09. The molecule has 4 nitrogen and oxygen atoms in total. The van der Waals surface area contributed by atoms with Gasteiger partial charge in [0.25, 0.3) is 0 Å². The molecule has 0 aromatic carbocycles. The van der Waals surface area contributed by atoms with E-state index in [1.807, 2.05) is 0 Å². The molecule has 0 bridgehead atoms. The molecule has 0 aromatic rings. The summed E-state index contributed by atoms with van der Waals surface area (Å²) in [6, 6.07) is 0. The van der Waals surface area contributed by atoms with Crippen LogP contribution in [0.4, 0.5) is 0 Å². The molecule has 2 atom stereocenters. The Morgan fingerprint density at radius 2 is 1.60 bits per heavy atom. The van der Waals surface area contributed by atoms with Crippen LogP contribution in [-0.4, -0.2) is 45.8 Å². The molecule has 0 aliphatic heterocycles. The van der Waals surface area contributed by atoms with Gasteiger partial charge < -0.3 is 20.4 Å². The van der Waals surface area contributed by atoms with E-state index in [-0.39, 0.29) is 26.1 Å². The van der Waals surface area contributed by atoms with Crippen molar-refractivity contribution in [2.24, 2.45) is 0 Å².